The van der Waals surface area contributed by atoms with Gasteiger partial charge in [0.1, 0.15) is 0 Å². The Morgan fingerprint density at radius 1 is 1.42 bits per heavy atom. The minimum Gasteiger partial charge on any atom is -0.390 e. The average Bonchev–Trinajstić information content (AvgIpc) is 3.06. The zero-order chi connectivity index (χ0) is 13.2. The summed E-state index contributed by atoms with van der Waals surface area (Å²) in [5.41, 5.74) is 7.61. The van der Waals surface area contributed by atoms with Crippen molar-refractivity contribution in [2.75, 3.05) is 5.73 Å². The quantitative estimate of drug-likeness (QED) is 0.793. The molecule has 0 atom stereocenters. The topological polar surface area (TPSA) is 77.8 Å². The van der Waals surface area contributed by atoms with Crippen LogP contribution in [0.5, 0.6) is 0 Å². The van der Waals surface area contributed by atoms with Crippen molar-refractivity contribution in [3.63, 3.8) is 0 Å². The van der Waals surface area contributed by atoms with E-state index in [2.05, 4.69) is 22.0 Å². The van der Waals surface area contributed by atoms with Gasteiger partial charge in [0.25, 0.3) is 5.89 Å². The molecule has 0 aliphatic carbocycles. The molecule has 3 rings (SSSR count). The Balaban J connectivity index is 1.99. The highest BCUT2D eigenvalue weighted by atomic mass is 32.1. The first-order valence-corrected chi connectivity index (χ1v) is 6.72. The molecular formula is C13H12N4OS. The van der Waals surface area contributed by atoms with E-state index in [9.17, 15) is 0 Å². The Kier molecular flexibility index (Phi) is 3.00. The molecule has 0 aliphatic rings. The number of thiophene rings is 1. The number of hydrogen-bond acceptors (Lipinski definition) is 6. The van der Waals surface area contributed by atoms with Crippen LogP contribution >= 0.6 is 11.3 Å². The minimum atomic E-state index is 0.451. The molecule has 3 aromatic heterocycles. The Labute approximate surface area is 114 Å². The molecule has 0 saturated carbocycles. The maximum Gasteiger partial charge on any atom is 0.261 e. The van der Waals surface area contributed by atoms with Gasteiger partial charge in [-0.15, -0.1) is 11.3 Å². The van der Waals surface area contributed by atoms with Gasteiger partial charge in [0.05, 0.1) is 10.6 Å². The number of pyridine rings is 1. The molecule has 0 aliphatic heterocycles. The zero-order valence-electron chi connectivity index (χ0n) is 10.3. The molecule has 0 saturated heterocycles. The lowest BCUT2D eigenvalue weighted by Crippen LogP contribution is -1.84. The van der Waals surface area contributed by atoms with Crippen molar-refractivity contribution in [3.05, 3.63) is 35.5 Å². The summed E-state index contributed by atoms with van der Waals surface area (Å²) in [6.07, 6.45) is 4.34. The zero-order valence-corrected chi connectivity index (χ0v) is 11.1. The molecule has 3 heterocycles. The minimum absolute atomic E-state index is 0.451. The van der Waals surface area contributed by atoms with Gasteiger partial charge in [0.2, 0.25) is 5.82 Å². The molecule has 0 bridgehead atoms. The van der Waals surface area contributed by atoms with Crippen molar-refractivity contribution < 1.29 is 4.52 Å². The van der Waals surface area contributed by atoms with Gasteiger partial charge in [-0.2, -0.15) is 4.98 Å². The molecule has 96 valence electrons. The Morgan fingerprint density at radius 2 is 2.32 bits per heavy atom. The van der Waals surface area contributed by atoms with E-state index < -0.39 is 0 Å². The van der Waals surface area contributed by atoms with Gasteiger partial charge in [0.15, 0.2) is 0 Å². The standard InChI is InChI=1S/C13H12N4OS/c1-2-9-6-10(11(14)19-9)13-16-12(17-18-13)8-4-3-5-15-7-8/h3-7H,2,14H2,1H3. The van der Waals surface area contributed by atoms with Crippen LogP contribution in [0.3, 0.4) is 0 Å². The highest BCUT2D eigenvalue weighted by Crippen LogP contribution is 2.33. The van der Waals surface area contributed by atoms with Crippen LogP contribution in [0.15, 0.2) is 35.1 Å². The van der Waals surface area contributed by atoms with Crippen molar-refractivity contribution in [3.8, 4) is 22.8 Å². The normalized spacial score (nSPS) is 10.8. The second-order valence-electron chi connectivity index (χ2n) is 4.01. The molecule has 19 heavy (non-hydrogen) atoms. The van der Waals surface area contributed by atoms with Crippen LogP contribution in [0.1, 0.15) is 11.8 Å². The number of hydrogen-bond donors (Lipinski definition) is 1. The number of aryl methyl sites for hydroxylation is 1. The predicted octanol–water partition coefficient (Wildman–Crippen LogP) is 3.00. The molecule has 0 fully saturated rings. The van der Waals surface area contributed by atoms with Crippen molar-refractivity contribution in [1.29, 1.82) is 0 Å². The summed E-state index contributed by atoms with van der Waals surface area (Å²) < 4.78 is 5.28. The van der Waals surface area contributed by atoms with Crippen LogP contribution in [0.4, 0.5) is 5.00 Å². The van der Waals surface area contributed by atoms with Gasteiger partial charge >= 0.3 is 0 Å². The molecule has 6 heteroatoms. The number of anilines is 1. The van der Waals surface area contributed by atoms with Gasteiger partial charge in [-0.3, -0.25) is 4.98 Å². The van der Waals surface area contributed by atoms with E-state index in [1.165, 1.54) is 4.88 Å². The van der Waals surface area contributed by atoms with E-state index in [0.717, 1.165) is 17.5 Å². The highest BCUT2D eigenvalue weighted by molar-refractivity contribution is 7.16. The van der Waals surface area contributed by atoms with Crippen LogP contribution in [-0.2, 0) is 6.42 Å². The second-order valence-corrected chi connectivity index (χ2v) is 5.18. The molecule has 0 unspecified atom stereocenters. The first kappa shape index (κ1) is 11.9. The molecule has 0 spiro atoms. The summed E-state index contributed by atoms with van der Waals surface area (Å²) in [5.74, 6) is 0.971. The lowest BCUT2D eigenvalue weighted by molar-refractivity contribution is 0.432. The van der Waals surface area contributed by atoms with Gasteiger partial charge in [-0.05, 0) is 24.6 Å². The molecule has 2 N–H and O–H groups in total. The number of aromatic nitrogens is 3. The Morgan fingerprint density at radius 3 is 3.00 bits per heavy atom. The van der Waals surface area contributed by atoms with Crippen molar-refractivity contribution >= 4 is 16.3 Å². The third-order valence-corrected chi connectivity index (χ3v) is 3.85. The molecule has 3 aromatic rings. The summed E-state index contributed by atoms with van der Waals surface area (Å²) in [6, 6.07) is 5.72. The lowest BCUT2D eigenvalue weighted by Gasteiger charge is -1.90. The fourth-order valence-corrected chi connectivity index (χ4v) is 2.60. The first-order chi connectivity index (χ1) is 9.28. The van der Waals surface area contributed by atoms with E-state index in [1.807, 2.05) is 18.2 Å². The Bertz CT molecular complexity index is 690. The molecule has 0 aromatic carbocycles. The third kappa shape index (κ3) is 2.22. The van der Waals surface area contributed by atoms with Gasteiger partial charge in [-0.25, -0.2) is 0 Å². The number of nitrogen functional groups attached to an aromatic ring is 1. The molecule has 0 radical (unpaired) electrons. The lowest BCUT2D eigenvalue weighted by atomic mass is 10.2. The van der Waals surface area contributed by atoms with E-state index >= 15 is 0 Å². The van der Waals surface area contributed by atoms with E-state index in [1.54, 1.807) is 23.7 Å². The summed E-state index contributed by atoms with van der Waals surface area (Å²) in [4.78, 5) is 9.60. The fraction of sp³-hybridized carbons (Fsp3) is 0.154. The summed E-state index contributed by atoms with van der Waals surface area (Å²) in [5, 5.41) is 4.67. The van der Waals surface area contributed by atoms with Crippen LogP contribution in [0, 0.1) is 0 Å². The van der Waals surface area contributed by atoms with Crippen LogP contribution in [-0.4, -0.2) is 15.1 Å². The number of rotatable bonds is 3. The Hall–Kier alpha value is -2.21. The van der Waals surface area contributed by atoms with Gasteiger partial charge < -0.3 is 10.3 Å². The van der Waals surface area contributed by atoms with Crippen LogP contribution in [0.25, 0.3) is 22.8 Å². The first-order valence-electron chi connectivity index (χ1n) is 5.90. The third-order valence-electron chi connectivity index (χ3n) is 2.74. The van der Waals surface area contributed by atoms with Gasteiger partial charge in [-0.1, -0.05) is 12.1 Å². The van der Waals surface area contributed by atoms with Crippen molar-refractivity contribution in [2.45, 2.75) is 13.3 Å². The predicted molar refractivity (Wildman–Crippen MR) is 74.6 cm³/mol. The van der Waals surface area contributed by atoms with Crippen LogP contribution in [0.2, 0.25) is 0 Å². The van der Waals surface area contributed by atoms with E-state index in [-0.39, 0.29) is 0 Å². The van der Waals surface area contributed by atoms with E-state index in [4.69, 9.17) is 10.3 Å². The fourth-order valence-electron chi connectivity index (χ4n) is 1.74. The smallest absolute Gasteiger partial charge is 0.261 e. The van der Waals surface area contributed by atoms with Gasteiger partial charge in [0, 0.05) is 22.8 Å². The average molecular weight is 272 g/mol. The maximum absolute atomic E-state index is 5.98. The molecule has 5 nitrogen and oxygen atoms in total. The monoisotopic (exact) mass is 272 g/mol. The highest BCUT2D eigenvalue weighted by Gasteiger charge is 2.15. The van der Waals surface area contributed by atoms with Crippen molar-refractivity contribution in [1.82, 2.24) is 15.1 Å². The summed E-state index contributed by atoms with van der Waals surface area (Å²) in [6.45, 7) is 2.09. The maximum atomic E-state index is 5.98. The SMILES string of the molecule is CCc1cc(-c2nc(-c3cccnc3)no2)c(N)s1. The van der Waals surface area contributed by atoms with Crippen LogP contribution < -0.4 is 5.73 Å². The number of nitrogens with zero attached hydrogens (tertiary/aromatic N) is 3. The van der Waals surface area contributed by atoms with Crippen molar-refractivity contribution in [2.24, 2.45) is 0 Å². The molecule has 0 amide bonds. The molecular weight excluding hydrogens is 260 g/mol. The number of nitrogens with two attached hydrogens (primary N) is 1. The summed E-state index contributed by atoms with van der Waals surface area (Å²) in [7, 11) is 0. The largest absolute Gasteiger partial charge is 0.390 e. The second kappa shape index (κ2) is 4.81. The summed E-state index contributed by atoms with van der Waals surface area (Å²) >= 11 is 1.55. The van der Waals surface area contributed by atoms with E-state index in [0.29, 0.717) is 16.7 Å².